The van der Waals surface area contributed by atoms with Crippen LogP contribution in [0.5, 0.6) is 0 Å². The maximum absolute atomic E-state index is 12.2. The summed E-state index contributed by atoms with van der Waals surface area (Å²) in [6.45, 7) is 0.924. The Morgan fingerprint density at radius 3 is 2.95 bits per heavy atom. The number of nitrogens with two attached hydrogens (primary N) is 1. The summed E-state index contributed by atoms with van der Waals surface area (Å²) >= 11 is 5.98. The maximum Gasteiger partial charge on any atom is 0.246 e. The third kappa shape index (κ3) is 2.33. The zero-order chi connectivity index (χ0) is 14.2. The van der Waals surface area contributed by atoms with Gasteiger partial charge < -0.3 is 15.5 Å². The Labute approximate surface area is 119 Å². The lowest BCUT2D eigenvalue weighted by molar-refractivity contribution is -0.124. The molecule has 20 heavy (non-hydrogen) atoms. The van der Waals surface area contributed by atoms with Crippen molar-refractivity contribution in [3.63, 3.8) is 0 Å². The highest BCUT2D eigenvalue weighted by atomic mass is 35.5. The van der Waals surface area contributed by atoms with Crippen molar-refractivity contribution in [3.8, 4) is 0 Å². The summed E-state index contributed by atoms with van der Waals surface area (Å²) in [5.41, 5.74) is 6.03. The van der Waals surface area contributed by atoms with Crippen LogP contribution in [0.1, 0.15) is 12.8 Å². The molecule has 1 saturated heterocycles. The molecule has 8 nitrogen and oxygen atoms in total. The number of aromatic amines is 1. The zero-order valence-electron chi connectivity index (χ0n) is 10.5. The van der Waals surface area contributed by atoms with Gasteiger partial charge in [-0.25, -0.2) is 4.98 Å². The van der Waals surface area contributed by atoms with Gasteiger partial charge in [-0.15, -0.1) is 0 Å². The third-order valence-corrected chi connectivity index (χ3v) is 3.58. The van der Waals surface area contributed by atoms with E-state index in [-0.39, 0.29) is 17.0 Å². The highest BCUT2D eigenvalue weighted by Crippen LogP contribution is 2.21. The van der Waals surface area contributed by atoms with Gasteiger partial charge in [0.05, 0.1) is 6.33 Å². The summed E-state index contributed by atoms with van der Waals surface area (Å²) in [5, 5.41) is 2.79. The predicted molar refractivity (Wildman–Crippen MR) is 72.3 cm³/mol. The van der Waals surface area contributed by atoms with Gasteiger partial charge >= 0.3 is 0 Å². The Bertz CT molecular complexity index is 651. The van der Waals surface area contributed by atoms with Crippen LogP contribution < -0.4 is 11.1 Å². The van der Waals surface area contributed by atoms with Crippen molar-refractivity contribution in [3.05, 3.63) is 11.5 Å². The molecule has 0 spiro atoms. The molecule has 2 aromatic rings. The number of imidazole rings is 1. The van der Waals surface area contributed by atoms with Gasteiger partial charge in [-0.2, -0.15) is 9.97 Å². The summed E-state index contributed by atoms with van der Waals surface area (Å²) in [7, 11) is 0. The Hall–Kier alpha value is -1.77. The minimum atomic E-state index is -0.964. The molecule has 4 N–H and O–H groups in total. The number of ether oxygens (including phenoxy) is 1. The monoisotopic (exact) mass is 296 g/mol. The summed E-state index contributed by atoms with van der Waals surface area (Å²) in [5.74, 6) is -0.248. The number of hydrogen-bond donors (Lipinski definition) is 3. The van der Waals surface area contributed by atoms with Crippen LogP contribution in [0.2, 0.25) is 5.15 Å². The first-order chi connectivity index (χ1) is 9.58. The number of nitrogens with one attached hydrogen (secondary N) is 2. The second kappa shape index (κ2) is 4.97. The standard InChI is InChI=1S/C11H13ClN6O2/c12-7-6-8(15-5-14-6)17-10(16-7)18-9(19)11(13)1-3-20-4-2-11/h5H,1-4,13H2,(H2,14,15,16,17,18,19). The lowest BCUT2D eigenvalue weighted by Crippen LogP contribution is -2.54. The van der Waals surface area contributed by atoms with Gasteiger partial charge in [-0.3, -0.25) is 10.1 Å². The van der Waals surface area contributed by atoms with Crippen molar-refractivity contribution in [2.75, 3.05) is 18.5 Å². The summed E-state index contributed by atoms with van der Waals surface area (Å²) < 4.78 is 5.21. The fraction of sp³-hybridized carbons (Fsp3) is 0.455. The average Bonchev–Trinajstić information content (AvgIpc) is 2.88. The van der Waals surface area contributed by atoms with Crippen LogP contribution in [0, 0.1) is 0 Å². The van der Waals surface area contributed by atoms with Crippen molar-refractivity contribution in [2.24, 2.45) is 5.73 Å². The van der Waals surface area contributed by atoms with E-state index < -0.39 is 5.54 Å². The molecule has 1 aliphatic rings. The van der Waals surface area contributed by atoms with Gasteiger partial charge in [0.25, 0.3) is 0 Å². The van der Waals surface area contributed by atoms with E-state index in [0.717, 1.165) is 0 Å². The molecule has 3 heterocycles. The Morgan fingerprint density at radius 1 is 1.45 bits per heavy atom. The van der Waals surface area contributed by atoms with Gasteiger partial charge in [-0.1, -0.05) is 11.6 Å². The lowest BCUT2D eigenvalue weighted by Gasteiger charge is -2.31. The molecule has 0 atom stereocenters. The van der Waals surface area contributed by atoms with Gasteiger partial charge in [0, 0.05) is 13.2 Å². The number of hydrogen-bond acceptors (Lipinski definition) is 6. The minimum absolute atomic E-state index is 0.0934. The summed E-state index contributed by atoms with van der Waals surface area (Å²) in [6.07, 6.45) is 2.37. The number of carbonyl (C=O) groups is 1. The molecule has 0 aliphatic carbocycles. The van der Waals surface area contributed by atoms with Crippen molar-refractivity contribution < 1.29 is 9.53 Å². The molecule has 0 radical (unpaired) electrons. The molecule has 9 heteroatoms. The van der Waals surface area contributed by atoms with Crippen LogP contribution in [0.15, 0.2) is 6.33 Å². The Kier molecular flexibility index (Phi) is 3.28. The fourth-order valence-electron chi connectivity index (χ4n) is 2.04. The predicted octanol–water partition coefficient (Wildman–Crippen LogP) is 0.453. The first-order valence-corrected chi connectivity index (χ1v) is 6.51. The molecule has 0 saturated carbocycles. The van der Waals surface area contributed by atoms with Gasteiger partial charge in [0.2, 0.25) is 11.9 Å². The molecule has 106 valence electrons. The van der Waals surface area contributed by atoms with Crippen LogP contribution in [0.3, 0.4) is 0 Å². The van der Waals surface area contributed by atoms with E-state index >= 15 is 0 Å². The zero-order valence-corrected chi connectivity index (χ0v) is 11.3. The SMILES string of the molecule is NC1(C(=O)Nc2nc(Cl)c3[nH]cnc3n2)CCOCC1. The van der Waals surface area contributed by atoms with Crippen LogP contribution in [0.4, 0.5) is 5.95 Å². The molecule has 1 aliphatic heterocycles. The second-order valence-corrected chi connectivity index (χ2v) is 5.02. The Morgan fingerprint density at radius 2 is 2.20 bits per heavy atom. The molecule has 0 unspecified atom stereocenters. The van der Waals surface area contributed by atoms with Crippen LogP contribution in [0.25, 0.3) is 11.2 Å². The van der Waals surface area contributed by atoms with E-state index in [1.54, 1.807) is 0 Å². The number of anilines is 1. The Balaban J connectivity index is 1.83. The van der Waals surface area contributed by atoms with Crippen LogP contribution in [-0.2, 0) is 9.53 Å². The van der Waals surface area contributed by atoms with E-state index in [4.69, 9.17) is 22.1 Å². The van der Waals surface area contributed by atoms with Crippen LogP contribution in [-0.4, -0.2) is 44.6 Å². The van der Waals surface area contributed by atoms with E-state index in [9.17, 15) is 4.79 Å². The quantitative estimate of drug-likeness (QED) is 0.692. The number of carbonyl (C=O) groups excluding carboxylic acids is 1. The number of fused-ring (bicyclic) bond motifs is 1. The minimum Gasteiger partial charge on any atom is -0.381 e. The van der Waals surface area contributed by atoms with Gasteiger partial charge in [-0.05, 0) is 12.8 Å². The number of rotatable bonds is 2. The van der Waals surface area contributed by atoms with Crippen molar-refractivity contribution in [2.45, 2.75) is 18.4 Å². The van der Waals surface area contributed by atoms with Crippen molar-refractivity contribution in [1.82, 2.24) is 19.9 Å². The van der Waals surface area contributed by atoms with Crippen molar-refractivity contribution in [1.29, 1.82) is 0 Å². The van der Waals surface area contributed by atoms with E-state index in [1.807, 2.05) is 0 Å². The first kappa shape index (κ1) is 13.2. The number of amides is 1. The molecular formula is C11H13ClN6O2. The summed E-state index contributed by atoms with van der Waals surface area (Å²) in [6, 6.07) is 0. The molecule has 0 aromatic carbocycles. The first-order valence-electron chi connectivity index (χ1n) is 6.13. The number of H-pyrrole nitrogens is 1. The van der Waals surface area contributed by atoms with Gasteiger partial charge in [0.15, 0.2) is 10.8 Å². The maximum atomic E-state index is 12.2. The smallest absolute Gasteiger partial charge is 0.246 e. The molecule has 2 aromatic heterocycles. The molecule has 1 amide bonds. The fourth-order valence-corrected chi connectivity index (χ4v) is 2.26. The van der Waals surface area contributed by atoms with E-state index in [2.05, 4.69) is 25.3 Å². The van der Waals surface area contributed by atoms with Crippen LogP contribution >= 0.6 is 11.6 Å². The van der Waals surface area contributed by atoms with Crippen molar-refractivity contribution >= 4 is 34.6 Å². The summed E-state index contributed by atoms with van der Waals surface area (Å²) in [4.78, 5) is 27.1. The van der Waals surface area contributed by atoms with E-state index in [0.29, 0.717) is 37.2 Å². The molecular weight excluding hydrogens is 284 g/mol. The number of nitrogens with zero attached hydrogens (tertiary/aromatic N) is 3. The number of halogens is 1. The molecule has 3 rings (SSSR count). The highest BCUT2D eigenvalue weighted by molar-refractivity contribution is 6.33. The normalized spacial score (nSPS) is 18.1. The second-order valence-electron chi connectivity index (χ2n) is 4.66. The molecule has 0 bridgehead atoms. The van der Waals surface area contributed by atoms with E-state index in [1.165, 1.54) is 6.33 Å². The third-order valence-electron chi connectivity index (χ3n) is 3.30. The highest BCUT2D eigenvalue weighted by Gasteiger charge is 2.36. The average molecular weight is 297 g/mol. The number of aromatic nitrogens is 4. The largest absolute Gasteiger partial charge is 0.381 e. The van der Waals surface area contributed by atoms with Gasteiger partial charge in [0.1, 0.15) is 11.1 Å². The lowest BCUT2D eigenvalue weighted by atomic mass is 9.90. The topological polar surface area (TPSA) is 119 Å². The molecule has 1 fully saturated rings.